The zero-order valence-corrected chi connectivity index (χ0v) is 11.6. The molecule has 0 aliphatic carbocycles. The van der Waals surface area contributed by atoms with Crippen LogP contribution in [0.5, 0.6) is 11.5 Å². The molecule has 19 heavy (non-hydrogen) atoms. The van der Waals surface area contributed by atoms with Gasteiger partial charge < -0.3 is 9.47 Å². The Morgan fingerprint density at radius 1 is 1.26 bits per heavy atom. The van der Waals surface area contributed by atoms with Crippen LogP contribution < -0.4 is 9.47 Å². The fourth-order valence-corrected chi connectivity index (χ4v) is 1.96. The van der Waals surface area contributed by atoms with Crippen molar-refractivity contribution in [2.24, 2.45) is 0 Å². The van der Waals surface area contributed by atoms with Crippen molar-refractivity contribution >= 4 is 11.6 Å². The minimum Gasteiger partial charge on any atom is -0.497 e. The summed E-state index contributed by atoms with van der Waals surface area (Å²) < 4.78 is 10.9. The van der Waals surface area contributed by atoms with Crippen LogP contribution in [0.1, 0.15) is 11.1 Å². The highest BCUT2D eigenvalue weighted by atomic mass is 35.5. The van der Waals surface area contributed by atoms with Crippen molar-refractivity contribution in [1.29, 1.82) is 0 Å². The lowest BCUT2D eigenvalue weighted by atomic mass is 10.2. The van der Waals surface area contributed by atoms with Crippen molar-refractivity contribution in [3.8, 4) is 11.5 Å². The van der Waals surface area contributed by atoms with Crippen molar-refractivity contribution in [2.75, 3.05) is 13.7 Å². The number of rotatable bonds is 6. The highest BCUT2D eigenvalue weighted by molar-refractivity contribution is 6.17. The molecular formula is C15H16ClNO2. The van der Waals surface area contributed by atoms with Gasteiger partial charge in [0.05, 0.1) is 19.6 Å². The first-order valence-corrected chi connectivity index (χ1v) is 6.61. The van der Waals surface area contributed by atoms with Crippen LogP contribution in [0.2, 0.25) is 0 Å². The number of nitrogens with zero attached hydrogens (tertiary/aromatic N) is 1. The van der Waals surface area contributed by atoms with Gasteiger partial charge in [0.25, 0.3) is 0 Å². The zero-order valence-electron chi connectivity index (χ0n) is 10.8. The van der Waals surface area contributed by atoms with Crippen molar-refractivity contribution in [2.45, 2.75) is 12.3 Å². The quantitative estimate of drug-likeness (QED) is 0.758. The molecule has 100 valence electrons. The molecule has 1 aromatic heterocycles. The van der Waals surface area contributed by atoms with E-state index in [9.17, 15) is 0 Å². The van der Waals surface area contributed by atoms with Gasteiger partial charge in [-0.3, -0.25) is 4.98 Å². The summed E-state index contributed by atoms with van der Waals surface area (Å²) in [6.45, 7) is 0.599. The first-order valence-electron chi connectivity index (χ1n) is 6.08. The van der Waals surface area contributed by atoms with Crippen LogP contribution in [0.4, 0.5) is 0 Å². The molecule has 0 aliphatic heterocycles. The molecule has 0 radical (unpaired) electrons. The molecule has 0 saturated heterocycles. The van der Waals surface area contributed by atoms with E-state index in [0.717, 1.165) is 29.0 Å². The molecule has 2 aromatic rings. The van der Waals surface area contributed by atoms with E-state index in [4.69, 9.17) is 21.1 Å². The van der Waals surface area contributed by atoms with Crippen molar-refractivity contribution in [3.63, 3.8) is 0 Å². The van der Waals surface area contributed by atoms with Crippen LogP contribution in [0.25, 0.3) is 0 Å². The van der Waals surface area contributed by atoms with Gasteiger partial charge >= 0.3 is 0 Å². The highest BCUT2D eigenvalue weighted by Gasteiger charge is 2.05. The summed E-state index contributed by atoms with van der Waals surface area (Å²) in [5.41, 5.74) is 2.09. The SMILES string of the molecule is COc1ccc(OCCc2cccnc2)c(CCl)c1. The van der Waals surface area contributed by atoms with E-state index in [1.807, 2.05) is 36.5 Å². The minimum atomic E-state index is 0.402. The summed E-state index contributed by atoms with van der Waals surface area (Å²) >= 11 is 5.91. The van der Waals surface area contributed by atoms with Gasteiger partial charge in [0, 0.05) is 24.4 Å². The maximum absolute atomic E-state index is 5.91. The molecule has 1 heterocycles. The molecule has 0 bridgehead atoms. The van der Waals surface area contributed by atoms with Gasteiger partial charge in [-0.2, -0.15) is 0 Å². The second kappa shape index (κ2) is 7.00. The first-order chi connectivity index (χ1) is 9.33. The van der Waals surface area contributed by atoms with Crippen LogP contribution in [-0.4, -0.2) is 18.7 Å². The lowest BCUT2D eigenvalue weighted by Crippen LogP contribution is -2.03. The molecule has 1 aromatic carbocycles. The number of alkyl halides is 1. The normalized spacial score (nSPS) is 10.2. The zero-order chi connectivity index (χ0) is 13.5. The second-order valence-corrected chi connectivity index (χ2v) is 4.33. The molecule has 0 atom stereocenters. The largest absolute Gasteiger partial charge is 0.497 e. The van der Waals surface area contributed by atoms with Gasteiger partial charge in [0.1, 0.15) is 11.5 Å². The van der Waals surface area contributed by atoms with Gasteiger partial charge in [-0.15, -0.1) is 11.6 Å². The summed E-state index contributed by atoms with van der Waals surface area (Å²) in [6.07, 6.45) is 4.43. The fraction of sp³-hybridized carbons (Fsp3) is 0.267. The molecule has 0 aliphatic rings. The van der Waals surface area contributed by atoms with Crippen LogP contribution in [0.15, 0.2) is 42.7 Å². The molecule has 0 saturated carbocycles. The summed E-state index contributed by atoms with van der Waals surface area (Å²) in [6, 6.07) is 9.61. The Labute approximate surface area is 118 Å². The topological polar surface area (TPSA) is 31.4 Å². The van der Waals surface area contributed by atoms with Gasteiger partial charge in [-0.25, -0.2) is 0 Å². The molecule has 0 amide bonds. The number of aromatic nitrogens is 1. The fourth-order valence-electron chi connectivity index (χ4n) is 1.75. The third-order valence-electron chi connectivity index (χ3n) is 2.78. The summed E-state index contributed by atoms with van der Waals surface area (Å²) in [7, 11) is 1.64. The molecule has 3 nitrogen and oxygen atoms in total. The number of halogens is 1. The van der Waals surface area contributed by atoms with Gasteiger partial charge in [-0.05, 0) is 29.8 Å². The van der Waals surface area contributed by atoms with E-state index >= 15 is 0 Å². The maximum Gasteiger partial charge on any atom is 0.123 e. The van der Waals surface area contributed by atoms with Gasteiger partial charge in [0.2, 0.25) is 0 Å². The lowest BCUT2D eigenvalue weighted by molar-refractivity contribution is 0.318. The van der Waals surface area contributed by atoms with Crippen LogP contribution in [0, 0.1) is 0 Å². The van der Waals surface area contributed by atoms with Crippen molar-refractivity contribution in [1.82, 2.24) is 4.98 Å². The van der Waals surface area contributed by atoms with Crippen LogP contribution in [0.3, 0.4) is 0 Å². The van der Waals surface area contributed by atoms with E-state index < -0.39 is 0 Å². The highest BCUT2D eigenvalue weighted by Crippen LogP contribution is 2.25. The van der Waals surface area contributed by atoms with Crippen molar-refractivity contribution < 1.29 is 9.47 Å². The van der Waals surface area contributed by atoms with Crippen LogP contribution >= 0.6 is 11.6 Å². The Kier molecular flexibility index (Phi) is 5.04. The predicted octanol–water partition coefficient (Wildman–Crippen LogP) is 3.45. The number of hydrogen-bond acceptors (Lipinski definition) is 3. The number of methoxy groups -OCH3 is 1. The summed E-state index contributed by atoms with van der Waals surface area (Å²) in [4.78, 5) is 4.07. The standard InChI is InChI=1S/C15H16ClNO2/c1-18-14-4-5-15(13(9-14)10-16)19-8-6-12-3-2-7-17-11-12/h2-5,7,9,11H,6,8,10H2,1H3. The minimum absolute atomic E-state index is 0.402. The predicted molar refractivity (Wildman–Crippen MR) is 76.0 cm³/mol. The number of ether oxygens (including phenoxy) is 2. The van der Waals surface area contributed by atoms with E-state index in [0.29, 0.717) is 12.5 Å². The third kappa shape index (κ3) is 3.86. The van der Waals surface area contributed by atoms with Gasteiger partial charge in [-0.1, -0.05) is 6.07 Å². The smallest absolute Gasteiger partial charge is 0.123 e. The van der Waals surface area contributed by atoms with Crippen LogP contribution in [-0.2, 0) is 12.3 Å². The second-order valence-electron chi connectivity index (χ2n) is 4.07. The first kappa shape index (κ1) is 13.7. The molecule has 0 N–H and O–H groups in total. The summed E-state index contributed by atoms with van der Waals surface area (Å²) in [5.74, 6) is 1.99. The number of pyridine rings is 1. The Morgan fingerprint density at radius 2 is 2.16 bits per heavy atom. The molecule has 4 heteroatoms. The maximum atomic E-state index is 5.91. The number of benzene rings is 1. The lowest BCUT2D eigenvalue weighted by Gasteiger charge is -2.11. The average molecular weight is 278 g/mol. The average Bonchev–Trinajstić information content (AvgIpc) is 2.48. The number of hydrogen-bond donors (Lipinski definition) is 0. The van der Waals surface area contributed by atoms with E-state index in [1.54, 1.807) is 13.3 Å². The molecule has 0 spiro atoms. The van der Waals surface area contributed by atoms with E-state index in [-0.39, 0.29) is 0 Å². The van der Waals surface area contributed by atoms with Gasteiger partial charge in [0.15, 0.2) is 0 Å². The third-order valence-corrected chi connectivity index (χ3v) is 3.07. The Morgan fingerprint density at radius 3 is 2.84 bits per heavy atom. The van der Waals surface area contributed by atoms with E-state index in [1.165, 1.54) is 0 Å². The Bertz CT molecular complexity index is 517. The monoisotopic (exact) mass is 277 g/mol. The molecular weight excluding hydrogens is 262 g/mol. The Hall–Kier alpha value is -1.74. The van der Waals surface area contributed by atoms with E-state index in [2.05, 4.69) is 4.98 Å². The summed E-state index contributed by atoms with van der Waals surface area (Å²) in [5, 5.41) is 0. The van der Waals surface area contributed by atoms with Crippen molar-refractivity contribution in [3.05, 3.63) is 53.9 Å². The Balaban J connectivity index is 1.96. The molecule has 2 rings (SSSR count). The molecule has 0 fully saturated rings. The molecule has 0 unspecified atom stereocenters.